The molecule has 1 saturated heterocycles. The van der Waals surface area contributed by atoms with Crippen molar-refractivity contribution in [1.82, 2.24) is 9.21 Å². The van der Waals surface area contributed by atoms with Crippen LogP contribution in [0.5, 0.6) is 5.75 Å². The second kappa shape index (κ2) is 9.59. The molecule has 2 aromatic carbocycles. The maximum Gasteiger partial charge on any atom is 0.255 e. The highest BCUT2D eigenvalue weighted by molar-refractivity contribution is 7.88. The summed E-state index contributed by atoms with van der Waals surface area (Å²) in [5, 5.41) is 2.84. The van der Waals surface area contributed by atoms with E-state index in [1.807, 2.05) is 33.0 Å². The molecular formula is C22H29N3O4S. The number of nitrogens with zero attached hydrogens (tertiary/aromatic N) is 2. The van der Waals surface area contributed by atoms with Crippen molar-refractivity contribution in [3.05, 3.63) is 59.7 Å². The van der Waals surface area contributed by atoms with Crippen LogP contribution < -0.4 is 10.1 Å². The van der Waals surface area contributed by atoms with Gasteiger partial charge in [0.2, 0.25) is 10.0 Å². The van der Waals surface area contributed by atoms with Gasteiger partial charge in [0.25, 0.3) is 5.91 Å². The normalized spacial score (nSPS) is 15.9. The van der Waals surface area contributed by atoms with Gasteiger partial charge >= 0.3 is 0 Å². The number of benzene rings is 2. The summed E-state index contributed by atoms with van der Waals surface area (Å²) < 4.78 is 32.4. The van der Waals surface area contributed by atoms with Gasteiger partial charge in [0.05, 0.1) is 11.9 Å². The maximum atomic E-state index is 12.6. The van der Waals surface area contributed by atoms with Gasteiger partial charge in [-0.25, -0.2) is 8.42 Å². The molecule has 0 saturated carbocycles. The molecule has 1 amide bonds. The Labute approximate surface area is 178 Å². The van der Waals surface area contributed by atoms with Crippen molar-refractivity contribution in [2.45, 2.75) is 25.7 Å². The Balaban J connectivity index is 1.59. The van der Waals surface area contributed by atoms with Crippen LogP contribution in [-0.2, 0) is 15.8 Å². The highest BCUT2D eigenvalue weighted by Gasteiger charge is 2.25. The molecule has 1 aliphatic heterocycles. The number of hydrogen-bond acceptors (Lipinski definition) is 5. The fourth-order valence-electron chi connectivity index (χ4n) is 3.21. The number of hydrogen-bond donors (Lipinski definition) is 1. The first-order valence-electron chi connectivity index (χ1n) is 10.1. The molecule has 1 fully saturated rings. The molecule has 0 spiro atoms. The van der Waals surface area contributed by atoms with E-state index in [2.05, 4.69) is 10.2 Å². The van der Waals surface area contributed by atoms with E-state index in [0.29, 0.717) is 29.9 Å². The van der Waals surface area contributed by atoms with E-state index >= 15 is 0 Å². The molecule has 7 nitrogen and oxygen atoms in total. The zero-order chi connectivity index (χ0) is 21.7. The Morgan fingerprint density at radius 3 is 2.17 bits per heavy atom. The summed E-state index contributed by atoms with van der Waals surface area (Å²) >= 11 is 0. The predicted octanol–water partition coefficient (Wildman–Crippen LogP) is 2.80. The molecule has 1 heterocycles. The van der Waals surface area contributed by atoms with Crippen molar-refractivity contribution in [3.63, 3.8) is 0 Å². The largest absolute Gasteiger partial charge is 0.491 e. The van der Waals surface area contributed by atoms with E-state index < -0.39 is 10.0 Å². The van der Waals surface area contributed by atoms with Crippen LogP contribution in [0, 0.1) is 0 Å². The number of piperazine rings is 1. The topological polar surface area (TPSA) is 78.9 Å². The average molecular weight is 432 g/mol. The zero-order valence-electron chi connectivity index (χ0n) is 17.7. The van der Waals surface area contributed by atoms with E-state index in [4.69, 9.17) is 4.74 Å². The van der Waals surface area contributed by atoms with Crippen LogP contribution in [0.25, 0.3) is 0 Å². The molecule has 0 atom stereocenters. The third-order valence-electron chi connectivity index (χ3n) is 4.90. The van der Waals surface area contributed by atoms with Crippen LogP contribution in [0.3, 0.4) is 0 Å². The molecule has 0 radical (unpaired) electrons. The van der Waals surface area contributed by atoms with Crippen molar-refractivity contribution in [2.24, 2.45) is 0 Å². The Morgan fingerprint density at radius 1 is 1.00 bits per heavy atom. The highest BCUT2D eigenvalue weighted by Crippen LogP contribution is 2.18. The molecule has 3 rings (SSSR count). The monoisotopic (exact) mass is 431 g/mol. The summed E-state index contributed by atoms with van der Waals surface area (Å²) in [5.41, 5.74) is 1.80. The predicted molar refractivity (Wildman–Crippen MR) is 118 cm³/mol. The summed E-state index contributed by atoms with van der Waals surface area (Å²) in [5.74, 6) is 0.436. The molecule has 1 N–H and O–H groups in total. The smallest absolute Gasteiger partial charge is 0.255 e. The third kappa shape index (κ3) is 6.04. The first-order valence-corrected chi connectivity index (χ1v) is 11.7. The Morgan fingerprint density at radius 2 is 1.60 bits per heavy atom. The van der Waals surface area contributed by atoms with Gasteiger partial charge < -0.3 is 15.0 Å². The van der Waals surface area contributed by atoms with E-state index in [0.717, 1.165) is 18.8 Å². The molecule has 1 aliphatic rings. The molecule has 162 valence electrons. The Hall–Kier alpha value is -2.42. The molecule has 0 aliphatic carbocycles. The standard InChI is InChI=1S/C22H29N3O4S/c1-17(2)29-21-10-8-20(9-11-21)23-22(26)19-6-4-18(5-7-19)16-30(27,28)25-14-12-24(3)13-15-25/h4-11,17H,12-16H2,1-3H3,(H,23,26). The third-order valence-corrected chi connectivity index (χ3v) is 6.75. The number of ether oxygens (including phenoxy) is 1. The van der Waals surface area contributed by atoms with E-state index in [1.165, 1.54) is 0 Å². The number of carbonyl (C=O) groups excluding carboxylic acids is 1. The van der Waals surface area contributed by atoms with Gasteiger partial charge in [-0.3, -0.25) is 4.79 Å². The summed E-state index contributed by atoms with van der Waals surface area (Å²) in [7, 11) is -1.37. The summed E-state index contributed by atoms with van der Waals surface area (Å²) in [4.78, 5) is 14.6. The number of amides is 1. The van der Waals surface area contributed by atoms with Crippen molar-refractivity contribution >= 4 is 21.6 Å². The average Bonchev–Trinajstić information content (AvgIpc) is 2.69. The van der Waals surface area contributed by atoms with Crippen LogP contribution in [0.4, 0.5) is 5.69 Å². The molecule has 0 aromatic heterocycles. The number of anilines is 1. The quantitative estimate of drug-likeness (QED) is 0.729. The minimum atomic E-state index is -3.36. The molecular weight excluding hydrogens is 402 g/mol. The minimum Gasteiger partial charge on any atom is -0.491 e. The summed E-state index contributed by atoms with van der Waals surface area (Å²) in [6, 6.07) is 13.9. The number of sulfonamides is 1. The van der Waals surface area contributed by atoms with Crippen LogP contribution in [0.1, 0.15) is 29.8 Å². The fraction of sp³-hybridized carbons (Fsp3) is 0.409. The molecule has 8 heteroatoms. The van der Waals surface area contributed by atoms with Gasteiger partial charge in [-0.15, -0.1) is 0 Å². The van der Waals surface area contributed by atoms with Crippen LogP contribution >= 0.6 is 0 Å². The lowest BCUT2D eigenvalue weighted by atomic mass is 10.1. The zero-order valence-corrected chi connectivity index (χ0v) is 18.5. The highest BCUT2D eigenvalue weighted by atomic mass is 32.2. The van der Waals surface area contributed by atoms with Gasteiger partial charge in [-0.05, 0) is 62.9 Å². The number of rotatable bonds is 7. The van der Waals surface area contributed by atoms with Crippen molar-refractivity contribution in [3.8, 4) is 5.75 Å². The van der Waals surface area contributed by atoms with E-state index in [-0.39, 0.29) is 17.8 Å². The van der Waals surface area contributed by atoms with Gasteiger partial charge in [-0.2, -0.15) is 4.31 Å². The van der Waals surface area contributed by atoms with Crippen LogP contribution in [-0.4, -0.2) is 62.9 Å². The molecule has 0 bridgehead atoms. The van der Waals surface area contributed by atoms with Crippen molar-refractivity contribution < 1.29 is 17.9 Å². The SMILES string of the molecule is CC(C)Oc1ccc(NC(=O)c2ccc(CS(=O)(=O)N3CCN(C)CC3)cc2)cc1. The lowest BCUT2D eigenvalue weighted by Crippen LogP contribution is -2.47. The maximum absolute atomic E-state index is 12.6. The number of nitrogens with one attached hydrogen (secondary N) is 1. The van der Waals surface area contributed by atoms with Crippen LogP contribution in [0.2, 0.25) is 0 Å². The van der Waals surface area contributed by atoms with E-state index in [1.54, 1.807) is 40.7 Å². The first kappa shape index (κ1) is 22.3. The van der Waals surface area contributed by atoms with Crippen molar-refractivity contribution in [2.75, 3.05) is 38.5 Å². The second-order valence-corrected chi connectivity index (χ2v) is 9.77. The van der Waals surface area contributed by atoms with Gasteiger partial charge in [-0.1, -0.05) is 12.1 Å². The van der Waals surface area contributed by atoms with Gasteiger partial charge in [0.1, 0.15) is 5.75 Å². The van der Waals surface area contributed by atoms with E-state index in [9.17, 15) is 13.2 Å². The first-order chi connectivity index (χ1) is 14.2. The Bertz CT molecular complexity index is 949. The molecule has 0 unspecified atom stereocenters. The molecule has 30 heavy (non-hydrogen) atoms. The summed E-state index contributed by atoms with van der Waals surface area (Å²) in [6.07, 6.45) is 0.0871. The summed E-state index contributed by atoms with van der Waals surface area (Å²) in [6.45, 7) is 6.41. The minimum absolute atomic E-state index is 0.0596. The van der Waals surface area contributed by atoms with Crippen LogP contribution in [0.15, 0.2) is 48.5 Å². The fourth-order valence-corrected chi connectivity index (χ4v) is 4.73. The van der Waals surface area contributed by atoms with Gasteiger partial charge in [0.15, 0.2) is 0 Å². The number of likely N-dealkylation sites (N-methyl/N-ethyl adjacent to an activating group) is 1. The number of carbonyl (C=O) groups is 1. The van der Waals surface area contributed by atoms with Crippen molar-refractivity contribution in [1.29, 1.82) is 0 Å². The lowest BCUT2D eigenvalue weighted by Gasteiger charge is -2.31. The molecule has 2 aromatic rings. The van der Waals surface area contributed by atoms with Gasteiger partial charge in [0, 0.05) is 37.4 Å². The second-order valence-electron chi connectivity index (χ2n) is 7.80. The lowest BCUT2D eigenvalue weighted by molar-refractivity contribution is 0.102. The Kier molecular flexibility index (Phi) is 7.12.